The molecule has 1 aliphatic heterocycles. The Hall–Kier alpha value is -4.47. The molecule has 2 aromatic carbocycles. The van der Waals surface area contributed by atoms with Gasteiger partial charge in [-0.1, -0.05) is 49.4 Å². The molecule has 6 atom stereocenters. The van der Waals surface area contributed by atoms with Crippen molar-refractivity contribution >= 4 is 47.5 Å². The lowest BCUT2D eigenvalue weighted by molar-refractivity contribution is -0.313. The van der Waals surface area contributed by atoms with E-state index in [1.54, 1.807) is 36.0 Å². The summed E-state index contributed by atoms with van der Waals surface area (Å²) in [6.45, 7) is 6.19. The number of nitrogens with one attached hydrogen (secondary N) is 2. The summed E-state index contributed by atoms with van der Waals surface area (Å²) in [5.41, 5.74) is 2.14. The molecule has 2 N–H and O–H groups in total. The predicted octanol–water partition coefficient (Wildman–Crippen LogP) is 3.20. The maximum absolute atomic E-state index is 13.4. The number of benzene rings is 2. The van der Waals surface area contributed by atoms with E-state index in [4.69, 9.17) is 28.4 Å². The van der Waals surface area contributed by atoms with Crippen molar-refractivity contribution < 1.29 is 57.2 Å². The van der Waals surface area contributed by atoms with Crippen LogP contribution < -0.4 is 10.6 Å². The molecule has 1 saturated heterocycles. The first-order chi connectivity index (χ1) is 24.3. The van der Waals surface area contributed by atoms with Crippen LogP contribution in [0.3, 0.4) is 0 Å². The third kappa shape index (κ3) is 12.1. The topological polar surface area (TPSA) is 182 Å². The number of carbonyl (C=O) groups excluding carboxylic acids is 6. The van der Waals surface area contributed by atoms with Crippen molar-refractivity contribution in [3.8, 4) is 11.1 Å². The molecule has 0 spiro atoms. The van der Waals surface area contributed by atoms with Crippen LogP contribution in [0.5, 0.6) is 0 Å². The fourth-order valence-corrected chi connectivity index (χ4v) is 6.27. The van der Waals surface area contributed by atoms with Gasteiger partial charge >= 0.3 is 23.9 Å². The van der Waals surface area contributed by atoms with Gasteiger partial charge in [0.15, 0.2) is 12.2 Å². The SMILES string of the molecule is CCSCCCO[C@]1(C(=O)OC)C[C@H](OC(C)=O)[C@@H](NC(C)=O)[C@H]([C@H](OC(C)=O)[C@@H](CNC(=O)c2ccc(-c3ccccc3)cc2)OC(C)=O)O1. The molecule has 1 aliphatic rings. The summed E-state index contributed by atoms with van der Waals surface area (Å²) < 4.78 is 34.3. The zero-order valence-electron chi connectivity index (χ0n) is 29.6. The molecular formula is C36H46N2O12S. The number of amides is 2. The Balaban J connectivity index is 2.02. The molecule has 0 saturated carbocycles. The minimum absolute atomic E-state index is 0.0249. The maximum Gasteiger partial charge on any atom is 0.366 e. The van der Waals surface area contributed by atoms with Crippen molar-refractivity contribution in [2.75, 3.05) is 31.8 Å². The summed E-state index contributed by atoms with van der Waals surface area (Å²) in [4.78, 5) is 76.6. The average Bonchev–Trinajstić information content (AvgIpc) is 3.09. The molecule has 2 aromatic rings. The summed E-state index contributed by atoms with van der Waals surface area (Å²) in [5.74, 6) is -5.12. The molecule has 3 rings (SSSR count). The van der Waals surface area contributed by atoms with Crippen molar-refractivity contribution in [3.05, 3.63) is 60.2 Å². The molecular weight excluding hydrogens is 684 g/mol. The molecule has 0 radical (unpaired) electrons. The summed E-state index contributed by atoms with van der Waals surface area (Å²) in [6, 6.07) is 15.1. The van der Waals surface area contributed by atoms with Crippen LogP contribution in [0.4, 0.5) is 0 Å². The lowest BCUT2D eigenvalue weighted by Crippen LogP contribution is -2.69. The van der Waals surface area contributed by atoms with E-state index in [-0.39, 0.29) is 6.61 Å². The van der Waals surface area contributed by atoms with Crippen LogP contribution in [0.25, 0.3) is 11.1 Å². The van der Waals surface area contributed by atoms with Crippen LogP contribution in [-0.2, 0) is 52.4 Å². The fraction of sp³-hybridized carbons (Fsp3) is 0.500. The van der Waals surface area contributed by atoms with Gasteiger partial charge in [-0.3, -0.25) is 24.0 Å². The van der Waals surface area contributed by atoms with E-state index in [1.165, 1.54) is 6.92 Å². The van der Waals surface area contributed by atoms with Crippen molar-refractivity contribution in [2.45, 2.75) is 83.7 Å². The highest BCUT2D eigenvalue weighted by Gasteiger charge is 2.59. The van der Waals surface area contributed by atoms with Crippen molar-refractivity contribution in [1.29, 1.82) is 0 Å². The van der Waals surface area contributed by atoms with Crippen LogP contribution in [0.1, 0.15) is 57.8 Å². The fourth-order valence-electron chi connectivity index (χ4n) is 5.66. The van der Waals surface area contributed by atoms with E-state index in [0.29, 0.717) is 17.7 Å². The molecule has 278 valence electrons. The first kappa shape index (κ1) is 41.0. The third-order valence-electron chi connectivity index (χ3n) is 7.73. The first-order valence-electron chi connectivity index (χ1n) is 16.5. The Bertz CT molecular complexity index is 1510. The van der Waals surface area contributed by atoms with Crippen molar-refractivity contribution in [2.24, 2.45) is 0 Å². The van der Waals surface area contributed by atoms with Gasteiger partial charge in [-0.25, -0.2) is 4.79 Å². The summed E-state index contributed by atoms with van der Waals surface area (Å²) >= 11 is 1.66. The normalized spacial score (nSPS) is 20.9. The Kier molecular flexibility index (Phi) is 15.9. The second-order valence-corrected chi connectivity index (χ2v) is 13.1. The Labute approximate surface area is 301 Å². The van der Waals surface area contributed by atoms with Gasteiger partial charge in [0.1, 0.15) is 12.2 Å². The molecule has 1 fully saturated rings. The Morgan fingerprint density at radius 1 is 0.902 bits per heavy atom. The first-order valence-corrected chi connectivity index (χ1v) is 17.7. The van der Waals surface area contributed by atoms with Gasteiger partial charge in [-0.05, 0) is 41.2 Å². The van der Waals surface area contributed by atoms with E-state index in [9.17, 15) is 28.8 Å². The van der Waals surface area contributed by atoms with Gasteiger partial charge in [0, 0.05) is 33.3 Å². The molecule has 0 bridgehead atoms. The summed E-state index contributed by atoms with van der Waals surface area (Å²) in [5, 5.41) is 5.37. The number of thioether (sulfide) groups is 1. The van der Waals surface area contributed by atoms with Gasteiger partial charge in [0.05, 0.1) is 32.7 Å². The minimum atomic E-state index is -2.20. The number of esters is 4. The van der Waals surface area contributed by atoms with E-state index < -0.39 is 84.9 Å². The molecule has 1 heterocycles. The number of carbonyl (C=O) groups is 6. The number of ether oxygens (including phenoxy) is 6. The number of hydrogen-bond donors (Lipinski definition) is 2. The zero-order valence-corrected chi connectivity index (χ0v) is 30.4. The van der Waals surface area contributed by atoms with Crippen molar-refractivity contribution in [1.82, 2.24) is 10.6 Å². The van der Waals surface area contributed by atoms with E-state index >= 15 is 0 Å². The molecule has 14 nitrogen and oxygen atoms in total. The number of rotatable bonds is 17. The highest BCUT2D eigenvalue weighted by molar-refractivity contribution is 7.99. The average molecular weight is 731 g/mol. The highest BCUT2D eigenvalue weighted by atomic mass is 32.2. The Morgan fingerprint density at radius 2 is 1.55 bits per heavy atom. The quantitative estimate of drug-likeness (QED) is 0.138. The maximum atomic E-state index is 13.4. The van der Waals surface area contributed by atoms with Gasteiger partial charge in [0.2, 0.25) is 5.91 Å². The van der Waals surface area contributed by atoms with Gasteiger partial charge < -0.3 is 39.1 Å². The van der Waals surface area contributed by atoms with E-state index in [2.05, 4.69) is 10.6 Å². The molecule has 15 heteroatoms. The summed E-state index contributed by atoms with van der Waals surface area (Å²) in [6.07, 6.45) is -5.74. The number of hydrogen-bond acceptors (Lipinski definition) is 13. The molecule has 0 aliphatic carbocycles. The smallest absolute Gasteiger partial charge is 0.366 e. The lowest BCUT2D eigenvalue weighted by Gasteiger charge is -2.48. The van der Waals surface area contributed by atoms with Crippen molar-refractivity contribution in [3.63, 3.8) is 0 Å². The van der Waals surface area contributed by atoms with E-state index in [1.807, 2.05) is 37.3 Å². The molecule has 2 amide bonds. The molecule has 0 aromatic heterocycles. The monoisotopic (exact) mass is 730 g/mol. The second kappa shape index (κ2) is 19.8. The van der Waals surface area contributed by atoms with Crippen LogP contribution >= 0.6 is 11.8 Å². The van der Waals surface area contributed by atoms with Crippen LogP contribution in [0.15, 0.2) is 54.6 Å². The summed E-state index contributed by atoms with van der Waals surface area (Å²) in [7, 11) is 1.12. The van der Waals surface area contributed by atoms with E-state index in [0.717, 1.165) is 44.8 Å². The third-order valence-corrected chi connectivity index (χ3v) is 8.72. The largest absolute Gasteiger partial charge is 0.465 e. The molecule has 51 heavy (non-hydrogen) atoms. The Morgan fingerprint density at radius 3 is 2.12 bits per heavy atom. The van der Waals surface area contributed by atoms with Gasteiger partial charge in [-0.15, -0.1) is 0 Å². The lowest BCUT2D eigenvalue weighted by atomic mass is 9.87. The van der Waals surface area contributed by atoms with Gasteiger partial charge in [-0.2, -0.15) is 11.8 Å². The standard InChI is InChI=1S/C36H46N2O12S/c1-7-51-19-11-18-46-36(35(44)45-6)20-29(47-23(3)40)31(38-22(2)39)33(50-36)32(49-25(5)42)30(48-24(4)41)21-37-34(43)28-16-14-27(15-17-28)26-12-9-8-10-13-26/h8-10,12-17,29-33H,7,11,18-21H2,1-6H3,(H,37,43)(H,38,39)/t29-,30+,31+,32+,33+,36+/m0/s1. The second-order valence-electron chi connectivity index (χ2n) is 11.7. The van der Waals surface area contributed by atoms with Crippen LogP contribution in [-0.4, -0.2) is 104 Å². The zero-order chi connectivity index (χ0) is 37.6. The number of methoxy groups -OCH3 is 1. The highest BCUT2D eigenvalue weighted by Crippen LogP contribution is 2.37. The molecule has 0 unspecified atom stereocenters. The van der Waals surface area contributed by atoms with Crippen LogP contribution in [0, 0.1) is 0 Å². The van der Waals surface area contributed by atoms with Gasteiger partial charge in [0.25, 0.3) is 11.7 Å². The van der Waals surface area contributed by atoms with Crippen LogP contribution in [0.2, 0.25) is 0 Å². The predicted molar refractivity (Wildman–Crippen MR) is 186 cm³/mol. The minimum Gasteiger partial charge on any atom is -0.465 e.